The molecule has 0 aromatic carbocycles. The molecule has 2 aromatic rings. The maximum atomic E-state index is 12.4. The summed E-state index contributed by atoms with van der Waals surface area (Å²) in [7, 11) is 1.63. The van der Waals surface area contributed by atoms with Gasteiger partial charge in [-0.3, -0.25) is 14.3 Å². The van der Waals surface area contributed by atoms with Gasteiger partial charge in [0.05, 0.1) is 6.61 Å². The Bertz CT molecular complexity index is 827. The standard InChI is InChI=1S/C16H25N5O3/c1-4-24-10-9-21-12-13(19(3)16(23)18-14(12)22)17-15(21)20-7-5-11(2)6-8-20/h11H,4-10H2,1-3H3,(H,18,22,23). The van der Waals surface area contributed by atoms with Gasteiger partial charge >= 0.3 is 5.69 Å². The summed E-state index contributed by atoms with van der Waals surface area (Å²) in [5.41, 5.74) is 0.0220. The Kier molecular flexibility index (Phi) is 4.75. The number of aryl methyl sites for hydroxylation is 1. The van der Waals surface area contributed by atoms with Crippen molar-refractivity contribution in [1.82, 2.24) is 19.1 Å². The lowest BCUT2D eigenvalue weighted by atomic mass is 10.00. The molecule has 132 valence electrons. The fourth-order valence-electron chi connectivity index (χ4n) is 3.19. The monoisotopic (exact) mass is 335 g/mol. The van der Waals surface area contributed by atoms with Crippen molar-refractivity contribution in [2.45, 2.75) is 33.2 Å². The lowest BCUT2D eigenvalue weighted by Crippen LogP contribution is -2.35. The summed E-state index contributed by atoms with van der Waals surface area (Å²) in [5, 5.41) is 0. The molecular weight excluding hydrogens is 310 g/mol. The van der Waals surface area contributed by atoms with E-state index < -0.39 is 11.2 Å². The van der Waals surface area contributed by atoms with Gasteiger partial charge in [0, 0.05) is 33.3 Å². The van der Waals surface area contributed by atoms with Gasteiger partial charge in [0.15, 0.2) is 11.2 Å². The van der Waals surface area contributed by atoms with Gasteiger partial charge in [-0.25, -0.2) is 4.79 Å². The number of imidazole rings is 1. The molecule has 1 aliphatic rings. The predicted octanol–water partition coefficient (Wildman–Crippen LogP) is 0.696. The average Bonchev–Trinajstić information content (AvgIpc) is 2.94. The number of hydrogen-bond donors (Lipinski definition) is 1. The predicted molar refractivity (Wildman–Crippen MR) is 92.7 cm³/mol. The fraction of sp³-hybridized carbons (Fsp3) is 0.688. The molecule has 8 nitrogen and oxygen atoms in total. The van der Waals surface area contributed by atoms with E-state index >= 15 is 0 Å². The Balaban J connectivity index is 2.10. The van der Waals surface area contributed by atoms with Crippen molar-refractivity contribution in [2.24, 2.45) is 13.0 Å². The number of aromatic amines is 1. The van der Waals surface area contributed by atoms with Crippen molar-refractivity contribution in [1.29, 1.82) is 0 Å². The highest BCUT2D eigenvalue weighted by molar-refractivity contribution is 5.74. The van der Waals surface area contributed by atoms with Crippen LogP contribution in [0.2, 0.25) is 0 Å². The van der Waals surface area contributed by atoms with Crippen molar-refractivity contribution in [3.05, 3.63) is 20.8 Å². The van der Waals surface area contributed by atoms with Gasteiger partial charge in [-0.15, -0.1) is 0 Å². The van der Waals surface area contributed by atoms with Crippen molar-refractivity contribution >= 4 is 17.1 Å². The Hall–Kier alpha value is -2.09. The third-order valence-electron chi connectivity index (χ3n) is 4.72. The molecule has 8 heteroatoms. The SMILES string of the molecule is CCOCCn1c(N2CCC(C)CC2)nc2c1c(=O)[nH]c(=O)n2C. The number of fused-ring (bicyclic) bond motifs is 1. The van der Waals surface area contributed by atoms with E-state index in [-0.39, 0.29) is 0 Å². The zero-order chi connectivity index (χ0) is 17.3. The van der Waals surface area contributed by atoms with Gasteiger partial charge in [0.1, 0.15) is 0 Å². The minimum Gasteiger partial charge on any atom is -0.380 e. The van der Waals surface area contributed by atoms with Crippen molar-refractivity contribution in [2.75, 3.05) is 31.2 Å². The van der Waals surface area contributed by atoms with Crippen LogP contribution < -0.4 is 16.1 Å². The molecular formula is C16H25N5O3. The molecule has 24 heavy (non-hydrogen) atoms. The minimum absolute atomic E-state index is 0.395. The Morgan fingerprint density at radius 1 is 1.29 bits per heavy atom. The number of hydrogen-bond acceptors (Lipinski definition) is 5. The first kappa shape index (κ1) is 16.8. The molecule has 1 saturated heterocycles. The molecule has 3 rings (SSSR count). The smallest absolute Gasteiger partial charge is 0.329 e. The van der Waals surface area contributed by atoms with E-state index in [1.807, 2.05) is 11.5 Å². The molecule has 1 fully saturated rings. The minimum atomic E-state index is -0.444. The van der Waals surface area contributed by atoms with Crippen LogP contribution in [0.15, 0.2) is 9.59 Å². The molecule has 0 spiro atoms. The van der Waals surface area contributed by atoms with Crippen LogP contribution in [-0.2, 0) is 18.3 Å². The van der Waals surface area contributed by atoms with E-state index in [0.717, 1.165) is 31.9 Å². The number of ether oxygens (including phenoxy) is 1. The number of nitrogens with one attached hydrogen (secondary N) is 1. The second-order valence-corrected chi connectivity index (χ2v) is 6.42. The van der Waals surface area contributed by atoms with Gasteiger partial charge in [0.25, 0.3) is 5.56 Å². The van der Waals surface area contributed by atoms with E-state index in [0.29, 0.717) is 36.8 Å². The Morgan fingerprint density at radius 2 is 2.00 bits per heavy atom. The quantitative estimate of drug-likeness (QED) is 0.813. The molecule has 0 unspecified atom stereocenters. The van der Waals surface area contributed by atoms with Gasteiger partial charge in [-0.1, -0.05) is 6.92 Å². The summed E-state index contributed by atoms with van der Waals surface area (Å²) in [6.07, 6.45) is 2.20. The lowest BCUT2D eigenvalue weighted by molar-refractivity contribution is 0.140. The van der Waals surface area contributed by atoms with Crippen LogP contribution in [0.3, 0.4) is 0 Å². The molecule has 2 aromatic heterocycles. The van der Waals surface area contributed by atoms with E-state index in [1.165, 1.54) is 4.57 Å². The van der Waals surface area contributed by atoms with Crippen LogP contribution in [0.4, 0.5) is 5.95 Å². The van der Waals surface area contributed by atoms with Crippen molar-refractivity contribution in [3.8, 4) is 0 Å². The summed E-state index contributed by atoms with van der Waals surface area (Å²) >= 11 is 0. The van der Waals surface area contributed by atoms with E-state index in [1.54, 1.807) is 7.05 Å². The summed E-state index contributed by atoms with van der Waals surface area (Å²) < 4.78 is 8.74. The van der Waals surface area contributed by atoms with E-state index in [4.69, 9.17) is 4.74 Å². The number of anilines is 1. The van der Waals surface area contributed by atoms with Crippen LogP contribution in [0.25, 0.3) is 11.2 Å². The van der Waals surface area contributed by atoms with Gasteiger partial charge < -0.3 is 14.2 Å². The highest BCUT2D eigenvalue weighted by Crippen LogP contribution is 2.24. The van der Waals surface area contributed by atoms with Gasteiger partial charge in [0.2, 0.25) is 5.95 Å². The molecule has 0 saturated carbocycles. The average molecular weight is 335 g/mol. The second kappa shape index (κ2) is 6.80. The zero-order valence-corrected chi connectivity index (χ0v) is 14.5. The highest BCUT2D eigenvalue weighted by atomic mass is 16.5. The molecule has 1 N–H and O–H groups in total. The van der Waals surface area contributed by atoms with Crippen molar-refractivity contribution < 1.29 is 4.74 Å². The second-order valence-electron chi connectivity index (χ2n) is 6.42. The maximum Gasteiger partial charge on any atom is 0.329 e. The maximum absolute atomic E-state index is 12.4. The first-order valence-electron chi connectivity index (χ1n) is 8.55. The summed E-state index contributed by atoms with van der Waals surface area (Å²) in [4.78, 5) is 33.4. The summed E-state index contributed by atoms with van der Waals surface area (Å²) in [6.45, 7) is 7.67. The van der Waals surface area contributed by atoms with Crippen LogP contribution in [-0.4, -0.2) is 45.4 Å². The molecule has 0 radical (unpaired) electrons. The summed E-state index contributed by atoms with van der Waals surface area (Å²) in [6, 6.07) is 0. The number of H-pyrrole nitrogens is 1. The summed E-state index contributed by atoms with van der Waals surface area (Å²) in [5.74, 6) is 1.46. The number of aromatic nitrogens is 4. The molecule has 0 amide bonds. The van der Waals surface area contributed by atoms with Gasteiger partial charge in [-0.2, -0.15) is 4.98 Å². The topological polar surface area (TPSA) is 85.2 Å². The third kappa shape index (κ3) is 2.98. The van der Waals surface area contributed by atoms with E-state index in [9.17, 15) is 9.59 Å². The largest absolute Gasteiger partial charge is 0.380 e. The highest BCUT2D eigenvalue weighted by Gasteiger charge is 2.24. The van der Waals surface area contributed by atoms with E-state index in [2.05, 4.69) is 21.8 Å². The number of piperidine rings is 1. The third-order valence-corrected chi connectivity index (χ3v) is 4.72. The van der Waals surface area contributed by atoms with Gasteiger partial charge in [-0.05, 0) is 25.7 Å². The lowest BCUT2D eigenvalue weighted by Gasteiger charge is -2.31. The molecule has 1 aliphatic heterocycles. The Labute approximate surface area is 140 Å². The molecule has 0 aliphatic carbocycles. The van der Waals surface area contributed by atoms with Crippen LogP contribution in [0.1, 0.15) is 26.7 Å². The number of nitrogens with zero attached hydrogens (tertiary/aromatic N) is 4. The van der Waals surface area contributed by atoms with Crippen molar-refractivity contribution in [3.63, 3.8) is 0 Å². The van der Waals surface area contributed by atoms with Crippen LogP contribution in [0, 0.1) is 5.92 Å². The first-order chi connectivity index (χ1) is 11.5. The number of rotatable bonds is 5. The van der Waals surface area contributed by atoms with Crippen LogP contribution >= 0.6 is 0 Å². The zero-order valence-electron chi connectivity index (χ0n) is 14.5. The molecule has 3 heterocycles. The fourth-order valence-corrected chi connectivity index (χ4v) is 3.19. The Morgan fingerprint density at radius 3 is 2.67 bits per heavy atom. The van der Waals surface area contributed by atoms with Crippen LogP contribution in [0.5, 0.6) is 0 Å². The normalized spacial score (nSPS) is 16.2. The first-order valence-corrected chi connectivity index (χ1v) is 8.55. The molecule has 0 atom stereocenters. The molecule has 0 bridgehead atoms.